The van der Waals surface area contributed by atoms with Crippen molar-refractivity contribution in [2.24, 2.45) is 5.73 Å². The van der Waals surface area contributed by atoms with Gasteiger partial charge in [-0.15, -0.1) is 0 Å². The molecule has 0 saturated carbocycles. The first kappa shape index (κ1) is 19.9. The Balaban J connectivity index is 1.61. The smallest absolute Gasteiger partial charge is 0.269 e. The molecule has 1 atom stereocenters. The Bertz CT molecular complexity index is 1020. The third-order valence-electron chi connectivity index (χ3n) is 5.89. The van der Waals surface area contributed by atoms with Crippen LogP contribution in [0.25, 0.3) is 0 Å². The van der Waals surface area contributed by atoms with E-state index in [1.54, 1.807) is 12.1 Å². The molecule has 7 nitrogen and oxygen atoms in total. The van der Waals surface area contributed by atoms with Crippen molar-refractivity contribution in [3.05, 3.63) is 80.7 Å². The van der Waals surface area contributed by atoms with Crippen molar-refractivity contribution in [2.45, 2.75) is 31.6 Å². The minimum absolute atomic E-state index is 0.00885. The first-order chi connectivity index (χ1) is 14.6. The van der Waals surface area contributed by atoms with Gasteiger partial charge in [-0.3, -0.25) is 10.1 Å². The van der Waals surface area contributed by atoms with Crippen molar-refractivity contribution in [2.75, 3.05) is 19.6 Å². The standard InChI is InChI=1S/C23H24N4O3/c24-15-20-22(17-5-7-18(8-6-17)27(28)29)19-9-4-16(14-21(19)30-23(20)25)10-13-26-11-2-1-3-12-26/h4-9,14,22H,1-3,10-13,25H2. The van der Waals surface area contributed by atoms with E-state index in [0.717, 1.165) is 42.7 Å². The number of nitrogens with zero attached hydrogens (tertiary/aromatic N) is 3. The normalized spacial score (nSPS) is 19.0. The summed E-state index contributed by atoms with van der Waals surface area (Å²) < 4.78 is 5.79. The number of fused-ring (bicyclic) bond motifs is 1. The van der Waals surface area contributed by atoms with Gasteiger partial charge in [0.25, 0.3) is 5.69 Å². The van der Waals surface area contributed by atoms with E-state index in [9.17, 15) is 15.4 Å². The second kappa shape index (κ2) is 8.56. The molecule has 30 heavy (non-hydrogen) atoms. The summed E-state index contributed by atoms with van der Waals surface area (Å²) in [5.74, 6) is 0.322. The number of hydrogen-bond donors (Lipinski definition) is 1. The van der Waals surface area contributed by atoms with E-state index in [2.05, 4.69) is 17.0 Å². The van der Waals surface area contributed by atoms with Crippen LogP contribution in [0.2, 0.25) is 0 Å². The van der Waals surface area contributed by atoms with Crippen LogP contribution in [0.1, 0.15) is 41.9 Å². The van der Waals surface area contributed by atoms with Gasteiger partial charge >= 0.3 is 0 Å². The van der Waals surface area contributed by atoms with Crippen molar-refractivity contribution in [1.82, 2.24) is 4.90 Å². The summed E-state index contributed by atoms with van der Waals surface area (Å²) >= 11 is 0. The third-order valence-corrected chi connectivity index (χ3v) is 5.89. The molecule has 0 spiro atoms. The molecule has 2 aromatic carbocycles. The fourth-order valence-electron chi connectivity index (χ4n) is 4.26. The van der Waals surface area contributed by atoms with Crippen molar-refractivity contribution in [3.63, 3.8) is 0 Å². The van der Waals surface area contributed by atoms with Crippen LogP contribution in [0, 0.1) is 21.4 Å². The van der Waals surface area contributed by atoms with E-state index in [-0.39, 0.29) is 11.6 Å². The van der Waals surface area contributed by atoms with Crippen LogP contribution in [0.3, 0.4) is 0 Å². The molecule has 4 rings (SSSR count). The zero-order valence-electron chi connectivity index (χ0n) is 16.7. The molecular formula is C23H24N4O3. The predicted molar refractivity (Wildman–Crippen MR) is 113 cm³/mol. The lowest BCUT2D eigenvalue weighted by Crippen LogP contribution is -2.31. The molecule has 0 radical (unpaired) electrons. The van der Waals surface area contributed by atoms with Crippen LogP contribution in [0.15, 0.2) is 53.9 Å². The van der Waals surface area contributed by atoms with Crippen LogP contribution in [0.5, 0.6) is 5.75 Å². The van der Waals surface area contributed by atoms with Gasteiger partial charge in [-0.05, 0) is 49.5 Å². The van der Waals surface area contributed by atoms with Crippen LogP contribution in [-0.2, 0) is 6.42 Å². The van der Waals surface area contributed by atoms with Gasteiger partial charge in [-0.1, -0.05) is 30.7 Å². The zero-order chi connectivity index (χ0) is 21.1. The van der Waals surface area contributed by atoms with Gasteiger partial charge in [0.1, 0.15) is 17.4 Å². The second-order valence-electron chi connectivity index (χ2n) is 7.80. The number of nitriles is 1. The van der Waals surface area contributed by atoms with E-state index >= 15 is 0 Å². The summed E-state index contributed by atoms with van der Waals surface area (Å²) in [6.45, 7) is 3.33. The highest BCUT2D eigenvalue weighted by molar-refractivity contribution is 5.57. The quantitative estimate of drug-likeness (QED) is 0.599. The molecular weight excluding hydrogens is 380 g/mol. The van der Waals surface area contributed by atoms with E-state index in [1.165, 1.54) is 31.4 Å². The first-order valence-electron chi connectivity index (χ1n) is 10.2. The number of allylic oxidation sites excluding steroid dienone is 1. The fraction of sp³-hybridized carbons (Fsp3) is 0.348. The van der Waals surface area contributed by atoms with Gasteiger partial charge in [-0.25, -0.2) is 0 Å². The van der Waals surface area contributed by atoms with Crippen molar-refractivity contribution < 1.29 is 9.66 Å². The maximum absolute atomic E-state index is 11.0. The lowest BCUT2D eigenvalue weighted by atomic mass is 9.83. The Labute approximate surface area is 175 Å². The second-order valence-corrected chi connectivity index (χ2v) is 7.80. The van der Waals surface area contributed by atoms with Crippen LogP contribution < -0.4 is 10.5 Å². The third kappa shape index (κ3) is 4.00. The SMILES string of the molecule is N#CC1=C(N)Oc2cc(CCN3CCCCC3)ccc2C1c1ccc([N+](=O)[O-])cc1. The van der Waals surface area contributed by atoms with Crippen LogP contribution >= 0.6 is 0 Å². The van der Waals surface area contributed by atoms with Crippen molar-refractivity contribution >= 4 is 5.69 Å². The van der Waals surface area contributed by atoms with Gasteiger partial charge in [0, 0.05) is 24.2 Å². The molecule has 2 aliphatic rings. The molecule has 2 aromatic rings. The lowest BCUT2D eigenvalue weighted by molar-refractivity contribution is -0.384. The molecule has 0 bridgehead atoms. The Morgan fingerprint density at radius 3 is 2.57 bits per heavy atom. The maximum Gasteiger partial charge on any atom is 0.269 e. The molecule has 1 saturated heterocycles. The minimum Gasteiger partial charge on any atom is -0.440 e. The molecule has 2 heterocycles. The number of hydrogen-bond acceptors (Lipinski definition) is 6. The highest BCUT2D eigenvalue weighted by atomic mass is 16.6. The summed E-state index contributed by atoms with van der Waals surface area (Å²) in [5, 5.41) is 20.6. The van der Waals surface area contributed by atoms with E-state index in [0.29, 0.717) is 11.3 Å². The molecule has 1 fully saturated rings. The number of nitro groups is 1. The summed E-state index contributed by atoms with van der Waals surface area (Å²) in [5.41, 5.74) is 9.17. The monoisotopic (exact) mass is 404 g/mol. The Kier molecular flexibility index (Phi) is 5.68. The number of nitro benzene ring substituents is 1. The summed E-state index contributed by atoms with van der Waals surface area (Å²) in [7, 11) is 0. The average Bonchev–Trinajstić information content (AvgIpc) is 2.77. The first-order valence-corrected chi connectivity index (χ1v) is 10.2. The van der Waals surface area contributed by atoms with Crippen molar-refractivity contribution in [3.8, 4) is 11.8 Å². The summed E-state index contributed by atoms with van der Waals surface area (Å²) in [4.78, 5) is 13.0. The molecule has 0 aliphatic carbocycles. The summed E-state index contributed by atoms with van der Waals surface area (Å²) in [6, 6.07) is 14.4. The highest BCUT2D eigenvalue weighted by Crippen LogP contribution is 2.42. The number of rotatable bonds is 5. The number of likely N-dealkylation sites (tertiary alicyclic amines) is 1. The van der Waals surface area contributed by atoms with E-state index in [1.807, 2.05) is 12.1 Å². The average molecular weight is 404 g/mol. The van der Waals surface area contributed by atoms with Gasteiger partial charge in [0.15, 0.2) is 0 Å². The van der Waals surface area contributed by atoms with Gasteiger partial charge < -0.3 is 15.4 Å². The van der Waals surface area contributed by atoms with Gasteiger partial charge in [0.05, 0.1) is 10.8 Å². The topological polar surface area (TPSA) is 105 Å². The van der Waals surface area contributed by atoms with E-state index < -0.39 is 10.8 Å². The highest BCUT2D eigenvalue weighted by Gasteiger charge is 2.31. The molecule has 2 N–H and O–H groups in total. The largest absolute Gasteiger partial charge is 0.440 e. The number of ether oxygens (including phenoxy) is 1. The lowest BCUT2D eigenvalue weighted by Gasteiger charge is -2.28. The van der Waals surface area contributed by atoms with E-state index in [4.69, 9.17) is 10.5 Å². The number of non-ortho nitro benzene ring substituents is 1. The van der Waals surface area contributed by atoms with Crippen LogP contribution in [-0.4, -0.2) is 29.5 Å². The molecule has 2 aliphatic heterocycles. The minimum atomic E-state index is -0.439. The zero-order valence-corrected chi connectivity index (χ0v) is 16.7. The van der Waals surface area contributed by atoms with Crippen molar-refractivity contribution in [1.29, 1.82) is 5.26 Å². The molecule has 154 valence electrons. The number of benzene rings is 2. The predicted octanol–water partition coefficient (Wildman–Crippen LogP) is 3.84. The Morgan fingerprint density at radius 2 is 1.90 bits per heavy atom. The molecule has 0 aromatic heterocycles. The fourth-order valence-corrected chi connectivity index (χ4v) is 4.26. The Hall–Kier alpha value is -3.37. The number of piperidine rings is 1. The Morgan fingerprint density at radius 1 is 1.17 bits per heavy atom. The summed E-state index contributed by atoms with van der Waals surface area (Å²) in [6.07, 6.45) is 4.78. The van der Waals surface area contributed by atoms with Crippen LogP contribution in [0.4, 0.5) is 5.69 Å². The molecule has 0 amide bonds. The molecule has 7 heteroatoms. The number of nitrogens with two attached hydrogens (primary N) is 1. The van der Waals surface area contributed by atoms with Gasteiger partial charge in [-0.2, -0.15) is 5.26 Å². The van der Waals surface area contributed by atoms with Gasteiger partial charge in [0.2, 0.25) is 5.88 Å². The molecule has 1 unspecified atom stereocenters. The maximum atomic E-state index is 11.0.